The number of aliphatic imine (C=N–C) groups is 1. The van der Waals surface area contributed by atoms with Gasteiger partial charge in [-0.25, -0.2) is 0 Å². The van der Waals surface area contributed by atoms with E-state index in [0.29, 0.717) is 6.54 Å². The van der Waals surface area contributed by atoms with Crippen LogP contribution in [0, 0.1) is 0 Å². The van der Waals surface area contributed by atoms with Gasteiger partial charge >= 0.3 is 5.97 Å². The van der Waals surface area contributed by atoms with Gasteiger partial charge in [0.1, 0.15) is 5.60 Å². The molecule has 0 spiro atoms. The fourth-order valence-electron chi connectivity index (χ4n) is 1.89. The van der Waals surface area contributed by atoms with Gasteiger partial charge in [-0.2, -0.15) is 0 Å². The van der Waals surface area contributed by atoms with Gasteiger partial charge in [0.25, 0.3) is 0 Å². The molecule has 4 heteroatoms. The maximum Gasteiger partial charge on any atom is 0.312 e. The number of fused-ring (bicyclic) bond motifs is 1. The smallest absolute Gasteiger partial charge is 0.312 e. The van der Waals surface area contributed by atoms with Gasteiger partial charge in [0.15, 0.2) is 0 Å². The fourth-order valence-corrected chi connectivity index (χ4v) is 2.25. The molecular formula is C14H16BrNO2. The number of rotatable bonds is 2. The predicted octanol–water partition coefficient (Wildman–Crippen LogP) is 3.48. The Labute approximate surface area is 115 Å². The highest BCUT2D eigenvalue weighted by molar-refractivity contribution is 9.10. The molecule has 0 unspecified atom stereocenters. The molecule has 18 heavy (non-hydrogen) atoms. The summed E-state index contributed by atoms with van der Waals surface area (Å²) >= 11 is 3.44. The Balaban J connectivity index is 2.10. The third-order valence-electron chi connectivity index (χ3n) is 2.55. The highest BCUT2D eigenvalue weighted by Gasteiger charge is 2.22. The quantitative estimate of drug-likeness (QED) is 0.784. The van der Waals surface area contributed by atoms with Crippen molar-refractivity contribution in [3.05, 3.63) is 33.8 Å². The zero-order chi connectivity index (χ0) is 13.3. The Hall–Kier alpha value is -1.16. The van der Waals surface area contributed by atoms with Crippen LogP contribution in [0.25, 0.3) is 0 Å². The average molecular weight is 310 g/mol. The molecule has 1 aromatic rings. The Kier molecular flexibility index (Phi) is 3.57. The van der Waals surface area contributed by atoms with Gasteiger partial charge < -0.3 is 4.74 Å². The maximum atomic E-state index is 11.8. The number of esters is 1. The number of hydrogen-bond donors (Lipinski definition) is 0. The molecule has 1 aliphatic rings. The second-order valence-corrected chi connectivity index (χ2v) is 6.24. The van der Waals surface area contributed by atoms with Crippen molar-refractivity contribution >= 4 is 27.6 Å². The van der Waals surface area contributed by atoms with E-state index >= 15 is 0 Å². The zero-order valence-electron chi connectivity index (χ0n) is 10.8. The normalized spacial score (nSPS) is 14.1. The van der Waals surface area contributed by atoms with Crippen molar-refractivity contribution in [3.63, 3.8) is 0 Å². The van der Waals surface area contributed by atoms with Crippen LogP contribution in [-0.2, 0) is 16.1 Å². The molecule has 1 aliphatic heterocycles. The molecule has 1 heterocycles. The van der Waals surface area contributed by atoms with E-state index in [0.717, 1.165) is 21.3 Å². The molecule has 0 aromatic heterocycles. The summed E-state index contributed by atoms with van der Waals surface area (Å²) in [7, 11) is 0. The highest BCUT2D eigenvalue weighted by Crippen LogP contribution is 2.25. The molecule has 0 aliphatic carbocycles. The number of halogens is 1. The molecule has 0 amide bonds. The minimum Gasteiger partial charge on any atom is -0.460 e. The molecule has 0 bridgehead atoms. The largest absolute Gasteiger partial charge is 0.460 e. The molecule has 0 saturated heterocycles. The number of hydrogen-bond acceptors (Lipinski definition) is 3. The number of ether oxygens (including phenoxy) is 1. The number of nitrogens with zero attached hydrogens (tertiary/aromatic N) is 1. The summed E-state index contributed by atoms with van der Waals surface area (Å²) < 4.78 is 6.31. The van der Waals surface area contributed by atoms with Crippen molar-refractivity contribution < 1.29 is 9.53 Å². The summed E-state index contributed by atoms with van der Waals surface area (Å²) in [6.45, 7) is 6.25. The van der Waals surface area contributed by atoms with Gasteiger partial charge in [0.2, 0.25) is 0 Å². The summed E-state index contributed by atoms with van der Waals surface area (Å²) in [5, 5.41) is 0. The minimum absolute atomic E-state index is 0.228. The van der Waals surface area contributed by atoms with Crippen molar-refractivity contribution in [1.82, 2.24) is 0 Å². The first kappa shape index (κ1) is 13.3. The van der Waals surface area contributed by atoms with Crippen LogP contribution in [0.1, 0.15) is 38.3 Å². The second kappa shape index (κ2) is 4.84. The van der Waals surface area contributed by atoms with Crippen LogP contribution in [-0.4, -0.2) is 17.3 Å². The molecule has 0 radical (unpaired) electrons. The highest BCUT2D eigenvalue weighted by atomic mass is 79.9. The average Bonchev–Trinajstić information content (AvgIpc) is 2.58. The van der Waals surface area contributed by atoms with Crippen molar-refractivity contribution in [3.8, 4) is 0 Å². The van der Waals surface area contributed by atoms with E-state index in [2.05, 4.69) is 20.9 Å². The number of carbonyl (C=O) groups is 1. The third kappa shape index (κ3) is 3.19. The number of benzene rings is 1. The number of carbonyl (C=O) groups excluding carboxylic acids is 1. The first-order chi connectivity index (χ1) is 8.35. The zero-order valence-corrected chi connectivity index (χ0v) is 12.4. The topological polar surface area (TPSA) is 38.7 Å². The first-order valence-corrected chi connectivity index (χ1v) is 6.68. The van der Waals surface area contributed by atoms with Crippen LogP contribution in [0.15, 0.2) is 27.7 Å². The summed E-state index contributed by atoms with van der Waals surface area (Å²) in [4.78, 5) is 16.2. The lowest BCUT2D eigenvalue weighted by atomic mass is 10.0. The van der Waals surface area contributed by atoms with Crippen molar-refractivity contribution in [2.24, 2.45) is 4.99 Å². The molecule has 0 N–H and O–H groups in total. The predicted molar refractivity (Wildman–Crippen MR) is 74.8 cm³/mol. The van der Waals surface area contributed by atoms with E-state index in [-0.39, 0.29) is 12.4 Å². The van der Waals surface area contributed by atoms with Gasteiger partial charge in [-0.05, 0) is 38.5 Å². The lowest BCUT2D eigenvalue weighted by molar-refractivity contribution is -0.153. The first-order valence-electron chi connectivity index (χ1n) is 5.89. The van der Waals surface area contributed by atoms with E-state index in [1.54, 1.807) is 0 Å². The van der Waals surface area contributed by atoms with Gasteiger partial charge in [-0.3, -0.25) is 9.79 Å². The SMILES string of the molecule is CC(C)(C)OC(=O)CC1=NCc2ccc(Br)cc21. The molecule has 0 fully saturated rings. The summed E-state index contributed by atoms with van der Waals surface area (Å²) in [5.41, 5.74) is 2.59. The summed E-state index contributed by atoms with van der Waals surface area (Å²) in [5.74, 6) is -0.228. The third-order valence-corrected chi connectivity index (χ3v) is 3.05. The lowest BCUT2D eigenvalue weighted by Gasteiger charge is -2.19. The van der Waals surface area contributed by atoms with Crippen LogP contribution in [0.4, 0.5) is 0 Å². The summed E-state index contributed by atoms with van der Waals surface area (Å²) in [6.07, 6.45) is 0.237. The monoisotopic (exact) mass is 309 g/mol. The molecule has 3 nitrogen and oxygen atoms in total. The molecule has 0 saturated carbocycles. The van der Waals surface area contributed by atoms with Crippen LogP contribution < -0.4 is 0 Å². The minimum atomic E-state index is -0.448. The molecule has 0 atom stereocenters. The van der Waals surface area contributed by atoms with E-state index in [1.807, 2.05) is 39.0 Å². The van der Waals surface area contributed by atoms with E-state index < -0.39 is 5.60 Å². The Morgan fingerprint density at radius 3 is 2.83 bits per heavy atom. The van der Waals surface area contributed by atoms with Crippen LogP contribution >= 0.6 is 15.9 Å². The second-order valence-electron chi connectivity index (χ2n) is 5.33. The van der Waals surface area contributed by atoms with Gasteiger partial charge in [-0.15, -0.1) is 0 Å². The van der Waals surface area contributed by atoms with E-state index in [9.17, 15) is 4.79 Å². The molecule has 1 aromatic carbocycles. The standard InChI is InChI=1S/C14H16BrNO2/c1-14(2,3)18-13(17)7-12-11-6-10(15)5-4-9(11)8-16-12/h4-6H,7-8H2,1-3H3. The summed E-state index contributed by atoms with van der Waals surface area (Å²) in [6, 6.07) is 6.03. The van der Waals surface area contributed by atoms with Crippen molar-refractivity contribution in [2.45, 2.75) is 39.3 Å². The van der Waals surface area contributed by atoms with Gasteiger partial charge in [0, 0.05) is 10.0 Å². The fraction of sp³-hybridized carbons (Fsp3) is 0.429. The van der Waals surface area contributed by atoms with E-state index in [1.165, 1.54) is 0 Å². The van der Waals surface area contributed by atoms with Gasteiger partial charge in [-0.1, -0.05) is 22.0 Å². The van der Waals surface area contributed by atoms with E-state index in [4.69, 9.17) is 4.74 Å². The Bertz CT molecular complexity index is 515. The molecule has 2 rings (SSSR count). The Morgan fingerprint density at radius 2 is 2.17 bits per heavy atom. The van der Waals surface area contributed by atoms with Gasteiger partial charge in [0.05, 0.1) is 18.7 Å². The van der Waals surface area contributed by atoms with Crippen molar-refractivity contribution in [2.75, 3.05) is 0 Å². The lowest BCUT2D eigenvalue weighted by Crippen LogP contribution is -2.25. The maximum absolute atomic E-state index is 11.8. The molecule has 96 valence electrons. The van der Waals surface area contributed by atoms with Crippen LogP contribution in [0.2, 0.25) is 0 Å². The molecular weight excluding hydrogens is 294 g/mol. The van der Waals surface area contributed by atoms with Crippen molar-refractivity contribution in [1.29, 1.82) is 0 Å². The van der Waals surface area contributed by atoms with Crippen LogP contribution in [0.5, 0.6) is 0 Å². The Morgan fingerprint density at radius 1 is 1.44 bits per heavy atom. The van der Waals surface area contributed by atoms with Crippen LogP contribution in [0.3, 0.4) is 0 Å².